The average molecular weight is 338 g/mol. The van der Waals surface area contributed by atoms with Gasteiger partial charge in [-0.15, -0.1) is 0 Å². The van der Waals surface area contributed by atoms with Crippen molar-refractivity contribution in [2.24, 2.45) is 0 Å². The molecule has 0 aliphatic carbocycles. The zero-order chi connectivity index (χ0) is 17.6. The van der Waals surface area contributed by atoms with Crippen LogP contribution < -0.4 is 5.32 Å². The second-order valence-electron chi connectivity index (χ2n) is 6.26. The molecule has 2 N–H and O–H groups in total. The zero-order valence-corrected chi connectivity index (χ0v) is 14.0. The fourth-order valence-corrected chi connectivity index (χ4v) is 2.98. The summed E-state index contributed by atoms with van der Waals surface area (Å²) in [4.78, 5) is 26.2. The number of hydrogen-bond donors (Lipinski definition) is 2. The first kappa shape index (κ1) is 17.2. The van der Waals surface area contributed by atoms with E-state index in [0.717, 1.165) is 25.9 Å². The first-order chi connectivity index (χ1) is 12.1. The molecule has 1 heterocycles. The molecule has 1 atom stereocenters. The summed E-state index contributed by atoms with van der Waals surface area (Å²) in [6.07, 6.45) is 1.27. The highest BCUT2D eigenvalue weighted by Crippen LogP contribution is 2.18. The zero-order valence-electron chi connectivity index (χ0n) is 14.0. The fourth-order valence-electron chi connectivity index (χ4n) is 2.98. The number of anilines is 1. The summed E-state index contributed by atoms with van der Waals surface area (Å²) in [6, 6.07) is 16.0. The summed E-state index contributed by atoms with van der Waals surface area (Å²) in [5.74, 6) is -0.232. The molecule has 0 saturated carbocycles. The molecule has 5 heteroatoms. The molecule has 1 saturated heterocycles. The normalized spacial score (nSPS) is 15.0. The molecule has 25 heavy (non-hydrogen) atoms. The molecule has 3 rings (SSSR count). The molecule has 5 nitrogen and oxygen atoms in total. The smallest absolute Gasteiger partial charge is 0.253 e. The van der Waals surface area contributed by atoms with Gasteiger partial charge in [0, 0.05) is 24.3 Å². The van der Waals surface area contributed by atoms with E-state index in [4.69, 9.17) is 0 Å². The Morgan fingerprint density at radius 3 is 2.28 bits per heavy atom. The van der Waals surface area contributed by atoms with Crippen LogP contribution in [-0.4, -0.2) is 34.9 Å². The van der Waals surface area contributed by atoms with Gasteiger partial charge in [-0.05, 0) is 42.7 Å². The molecule has 130 valence electrons. The van der Waals surface area contributed by atoms with E-state index in [1.807, 2.05) is 23.1 Å². The van der Waals surface area contributed by atoms with E-state index in [-0.39, 0.29) is 18.2 Å². The highest BCUT2D eigenvalue weighted by Gasteiger charge is 2.19. The van der Waals surface area contributed by atoms with Crippen LogP contribution in [0.25, 0.3) is 0 Å². The third-order valence-electron chi connectivity index (χ3n) is 4.37. The molecule has 1 aliphatic rings. The van der Waals surface area contributed by atoms with Crippen molar-refractivity contribution < 1.29 is 14.7 Å². The summed E-state index contributed by atoms with van der Waals surface area (Å²) in [5, 5.41) is 12.9. The van der Waals surface area contributed by atoms with Crippen LogP contribution in [0.15, 0.2) is 54.6 Å². The predicted octanol–water partition coefficient (Wildman–Crippen LogP) is 2.98. The van der Waals surface area contributed by atoms with E-state index in [0.29, 0.717) is 16.8 Å². The number of carbonyl (C=O) groups excluding carboxylic acids is 2. The number of nitrogens with zero attached hydrogens (tertiary/aromatic N) is 1. The molecule has 2 aromatic rings. The number of aliphatic hydroxyl groups is 1. The van der Waals surface area contributed by atoms with Crippen LogP contribution in [0.2, 0.25) is 0 Å². The van der Waals surface area contributed by atoms with Gasteiger partial charge in [0.25, 0.3) is 5.91 Å². The van der Waals surface area contributed by atoms with Gasteiger partial charge in [0.05, 0.1) is 12.5 Å². The SMILES string of the molecule is O=C(CC(O)c1ccccc1)Nc1ccc(C(=O)N2CCCC2)cc1. The van der Waals surface area contributed by atoms with Gasteiger partial charge in [-0.25, -0.2) is 0 Å². The quantitative estimate of drug-likeness (QED) is 0.880. The molecule has 1 unspecified atom stereocenters. The monoisotopic (exact) mass is 338 g/mol. The minimum absolute atomic E-state index is 0.0154. The number of likely N-dealkylation sites (tertiary alicyclic amines) is 1. The first-order valence-electron chi connectivity index (χ1n) is 8.56. The number of hydrogen-bond acceptors (Lipinski definition) is 3. The lowest BCUT2D eigenvalue weighted by atomic mass is 10.1. The van der Waals surface area contributed by atoms with Gasteiger partial charge < -0.3 is 15.3 Å². The lowest BCUT2D eigenvalue weighted by molar-refractivity contribution is -0.118. The maximum atomic E-state index is 12.3. The molecule has 1 aliphatic heterocycles. The van der Waals surface area contributed by atoms with Crippen LogP contribution in [0.4, 0.5) is 5.69 Å². The Labute approximate surface area is 147 Å². The summed E-state index contributed by atoms with van der Waals surface area (Å²) in [5.41, 5.74) is 1.96. The standard InChI is InChI=1S/C20H22N2O3/c23-18(15-6-2-1-3-7-15)14-19(24)21-17-10-8-16(9-11-17)20(25)22-12-4-5-13-22/h1-3,6-11,18,23H,4-5,12-14H2,(H,21,24). The van der Waals surface area contributed by atoms with E-state index in [1.54, 1.807) is 36.4 Å². The van der Waals surface area contributed by atoms with Crippen molar-refractivity contribution in [2.45, 2.75) is 25.4 Å². The number of amides is 2. The lowest BCUT2D eigenvalue weighted by Gasteiger charge is -2.15. The number of carbonyl (C=O) groups is 2. The molecule has 0 radical (unpaired) electrons. The van der Waals surface area contributed by atoms with Crippen molar-refractivity contribution in [1.82, 2.24) is 4.90 Å². The maximum Gasteiger partial charge on any atom is 0.253 e. The van der Waals surface area contributed by atoms with Gasteiger partial charge in [-0.2, -0.15) is 0 Å². The van der Waals surface area contributed by atoms with Crippen molar-refractivity contribution in [1.29, 1.82) is 0 Å². The van der Waals surface area contributed by atoms with Gasteiger partial charge in [0.15, 0.2) is 0 Å². The van der Waals surface area contributed by atoms with Crippen LogP contribution >= 0.6 is 0 Å². The topological polar surface area (TPSA) is 69.6 Å². The van der Waals surface area contributed by atoms with E-state index < -0.39 is 6.10 Å². The van der Waals surface area contributed by atoms with Crippen molar-refractivity contribution in [2.75, 3.05) is 18.4 Å². The van der Waals surface area contributed by atoms with Crippen LogP contribution in [0.1, 0.15) is 41.3 Å². The van der Waals surface area contributed by atoms with Crippen molar-refractivity contribution in [3.63, 3.8) is 0 Å². The Balaban J connectivity index is 1.55. The second-order valence-corrected chi connectivity index (χ2v) is 6.26. The Morgan fingerprint density at radius 1 is 1.00 bits per heavy atom. The number of nitrogens with one attached hydrogen (secondary N) is 1. The van der Waals surface area contributed by atoms with E-state index in [9.17, 15) is 14.7 Å². The Morgan fingerprint density at radius 2 is 1.64 bits per heavy atom. The second kappa shape index (κ2) is 7.94. The molecule has 0 bridgehead atoms. The minimum atomic E-state index is -0.836. The lowest BCUT2D eigenvalue weighted by Crippen LogP contribution is -2.27. The number of aliphatic hydroxyl groups excluding tert-OH is 1. The molecule has 2 aromatic carbocycles. The summed E-state index contributed by atoms with van der Waals surface area (Å²) in [6.45, 7) is 1.63. The first-order valence-corrected chi connectivity index (χ1v) is 8.56. The predicted molar refractivity (Wildman–Crippen MR) is 96.2 cm³/mol. The molecule has 1 fully saturated rings. The minimum Gasteiger partial charge on any atom is -0.388 e. The molecule has 2 amide bonds. The summed E-state index contributed by atoms with van der Waals surface area (Å²) in [7, 11) is 0. The van der Waals surface area contributed by atoms with Crippen LogP contribution in [-0.2, 0) is 4.79 Å². The maximum absolute atomic E-state index is 12.3. The number of rotatable bonds is 5. The Bertz CT molecular complexity index is 722. The Hall–Kier alpha value is -2.66. The van der Waals surface area contributed by atoms with E-state index >= 15 is 0 Å². The summed E-state index contributed by atoms with van der Waals surface area (Å²) < 4.78 is 0. The van der Waals surface area contributed by atoms with Crippen LogP contribution in [0, 0.1) is 0 Å². The van der Waals surface area contributed by atoms with Crippen LogP contribution in [0.5, 0.6) is 0 Å². The molecular weight excluding hydrogens is 316 g/mol. The highest BCUT2D eigenvalue weighted by molar-refractivity contribution is 5.96. The van der Waals surface area contributed by atoms with Crippen molar-refractivity contribution in [3.05, 3.63) is 65.7 Å². The molecular formula is C20H22N2O3. The van der Waals surface area contributed by atoms with Crippen LogP contribution in [0.3, 0.4) is 0 Å². The third-order valence-corrected chi connectivity index (χ3v) is 4.37. The van der Waals surface area contributed by atoms with Gasteiger partial charge in [-0.1, -0.05) is 30.3 Å². The van der Waals surface area contributed by atoms with Crippen molar-refractivity contribution >= 4 is 17.5 Å². The van der Waals surface area contributed by atoms with Gasteiger partial charge in [-0.3, -0.25) is 9.59 Å². The van der Waals surface area contributed by atoms with E-state index in [2.05, 4.69) is 5.32 Å². The fraction of sp³-hybridized carbons (Fsp3) is 0.300. The van der Waals surface area contributed by atoms with Gasteiger partial charge in [0.1, 0.15) is 0 Å². The summed E-state index contributed by atoms with van der Waals surface area (Å²) >= 11 is 0. The largest absolute Gasteiger partial charge is 0.388 e. The number of benzene rings is 2. The average Bonchev–Trinajstić information content (AvgIpc) is 3.17. The van der Waals surface area contributed by atoms with Gasteiger partial charge >= 0.3 is 0 Å². The molecule has 0 aromatic heterocycles. The van der Waals surface area contributed by atoms with Gasteiger partial charge in [0.2, 0.25) is 5.91 Å². The highest BCUT2D eigenvalue weighted by atomic mass is 16.3. The van der Waals surface area contributed by atoms with Crippen molar-refractivity contribution in [3.8, 4) is 0 Å². The Kier molecular flexibility index (Phi) is 5.46. The van der Waals surface area contributed by atoms with E-state index in [1.165, 1.54) is 0 Å². The third kappa shape index (κ3) is 4.45. The molecule has 0 spiro atoms.